The zero-order valence-corrected chi connectivity index (χ0v) is 14.1. The van der Waals surface area contributed by atoms with E-state index in [-0.39, 0.29) is 12.0 Å². The maximum atomic E-state index is 12.3. The van der Waals surface area contributed by atoms with Gasteiger partial charge in [-0.25, -0.2) is 4.98 Å². The molecule has 1 aliphatic rings. The SMILES string of the molecule is NC(=O)c1csc(C(=O)Nc2ccc3nc(C4CCCO4)[nH]c3c2)c1. The van der Waals surface area contributed by atoms with Crippen molar-refractivity contribution in [2.75, 3.05) is 11.9 Å². The molecule has 3 heterocycles. The number of hydrogen-bond acceptors (Lipinski definition) is 5. The molecular weight excluding hydrogens is 340 g/mol. The molecule has 1 unspecified atom stereocenters. The number of anilines is 1. The topological polar surface area (TPSA) is 110 Å². The molecule has 25 heavy (non-hydrogen) atoms. The highest BCUT2D eigenvalue weighted by Gasteiger charge is 2.21. The summed E-state index contributed by atoms with van der Waals surface area (Å²) in [5.74, 6) is -0.00751. The Morgan fingerprint density at radius 3 is 2.96 bits per heavy atom. The van der Waals surface area contributed by atoms with Crippen LogP contribution in [0.25, 0.3) is 11.0 Å². The molecule has 0 bridgehead atoms. The molecule has 1 aliphatic heterocycles. The minimum absolute atomic E-state index is 0.0174. The monoisotopic (exact) mass is 356 g/mol. The number of hydrogen-bond donors (Lipinski definition) is 3. The molecule has 4 N–H and O–H groups in total. The molecular formula is C17H16N4O3S. The predicted molar refractivity (Wildman–Crippen MR) is 94.8 cm³/mol. The van der Waals surface area contributed by atoms with Gasteiger partial charge in [0.15, 0.2) is 0 Å². The number of nitrogens with two attached hydrogens (primary N) is 1. The van der Waals surface area contributed by atoms with E-state index in [9.17, 15) is 9.59 Å². The summed E-state index contributed by atoms with van der Waals surface area (Å²) < 4.78 is 5.64. The molecule has 8 heteroatoms. The van der Waals surface area contributed by atoms with E-state index in [1.807, 2.05) is 12.1 Å². The molecule has 0 spiro atoms. The lowest BCUT2D eigenvalue weighted by Gasteiger charge is -2.03. The number of ether oxygens (including phenoxy) is 1. The number of amides is 2. The van der Waals surface area contributed by atoms with Crippen LogP contribution in [0.1, 0.15) is 44.8 Å². The quantitative estimate of drug-likeness (QED) is 0.667. The maximum Gasteiger partial charge on any atom is 0.265 e. The first kappa shape index (κ1) is 15.8. The van der Waals surface area contributed by atoms with Crippen LogP contribution in [0.2, 0.25) is 0 Å². The van der Waals surface area contributed by atoms with Gasteiger partial charge >= 0.3 is 0 Å². The number of thiophene rings is 1. The Hall–Kier alpha value is -2.71. The van der Waals surface area contributed by atoms with Gasteiger partial charge in [-0.15, -0.1) is 11.3 Å². The van der Waals surface area contributed by atoms with Gasteiger partial charge in [0.05, 0.1) is 21.5 Å². The van der Waals surface area contributed by atoms with Crippen molar-refractivity contribution in [2.24, 2.45) is 5.73 Å². The zero-order valence-electron chi connectivity index (χ0n) is 13.2. The van der Waals surface area contributed by atoms with Gasteiger partial charge in [0, 0.05) is 17.7 Å². The van der Waals surface area contributed by atoms with Crippen molar-refractivity contribution in [1.29, 1.82) is 0 Å². The van der Waals surface area contributed by atoms with Crippen molar-refractivity contribution in [2.45, 2.75) is 18.9 Å². The first-order chi connectivity index (χ1) is 12.1. The number of nitrogens with one attached hydrogen (secondary N) is 2. The average Bonchev–Trinajstić information content (AvgIpc) is 3.33. The van der Waals surface area contributed by atoms with Gasteiger partial charge in [-0.05, 0) is 37.1 Å². The summed E-state index contributed by atoms with van der Waals surface area (Å²) >= 11 is 1.18. The van der Waals surface area contributed by atoms with Crippen molar-refractivity contribution < 1.29 is 14.3 Å². The Morgan fingerprint density at radius 1 is 1.36 bits per heavy atom. The molecule has 3 aromatic rings. The number of nitrogens with zero attached hydrogens (tertiary/aromatic N) is 1. The number of primary amides is 1. The zero-order chi connectivity index (χ0) is 17.4. The number of fused-ring (bicyclic) bond motifs is 1. The number of rotatable bonds is 4. The first-order valence-electron chi connectivity index (χ1n) is 7.91. The van der Waals surface area contributed by atoms with Gasteiger partial charge in [0.25, 0.3) is 5.91 Å². The Bertz CT molecular complexity index is 956. The van der Waals surface area contributed by atoms with E-state index < -0.39 is 5.91 Å². The van der Waals surface area contributed by atoms with Crippen LogP contribution in [-0.4, -0.2) is 28.4 Å². The van der Waals surface area contributed by atoms with E-state index in [0.717, 1.165) is 36.3 Å². The molecule has 1 atom stereocenters. The summed E-state index contributed by atoms with van der Waals surface area (Å²) in [6.45, 7) is 0.761. The maximum absolute atomic E-state index is 12.3. The summed E-state index contributed by atoms with van der Waals surface area (Å²) in [6.07, 6.45) is 2.02. The van der Waals surface area contributed by atoms with Gasteiger partial charge in [0.1, 0.15) is 11.9 Å². The van der Waals surface area contributed by atoms with Crippen molar-refractivity contribution >= 4 is 39.9 Å². The van der Waals surface area contributed by atoms with Crippen LogP contribution in [0.3, 0.4) is 0 Å². The largest absolute Gasteiger partial charge is 0.370 e. The standard InChI is InChI=1S/C17H16N4O3S/c18-15(22)9-6-14(25-8-9)17(23)19-10-3-4-11-12(7-10)21-16(20-11)13-2-1-5-24-13/h3-4,6-8,13H,1-2,5H2,(H2,18,22)(H,19,23)(H,20,21). The van der Waals surface area contributed by atoms with Crippen molar-refractivity contribution in [3.05, 3.63) is 45.9 Å². The second kappa shape index (κ2) is 6.30. The first-order valence-corrected chi connectivity index (χ1v) is 8.79. The van der Waals surface area contributed by atoms with Gasteiger partial charge < -0.3 is 20.8 Å². The van der Waals surface area contributed by atoms with E-state index in [4.69, 9.17) is 10.5 Å². The number of H-pyrrole nitrogens is 1. The molecule has 4 rings (SSSR count). The third-order valence-corrected chi connectivity index (χ3v) is 5.03. The van der Waals surface area contributed by atoms with Gasteiger partial charge in [-0.2, -0.15) is 0 Å². The predicted octanol–water partition coefficient (Wildman–Crippen LogP) is 2.83. The van der Waals surface area contributed by atoms with Gasteiger partial charge in [-0.3, -0.25) is 9.59 Å². The van der Waals surface area contributed by atoms with Crippen LogP contribution in [0.5, 0.6) is 0 Å². The summed E-state index contributed by atoms with van der Waals surface area (Å²) in [4.78, 5) is 31.7. The Balaban J connectivity index is 1.54. The van der Waals surface area contributed by atoms with Crippen molar-refractivity contribution in [1.82, 2.24) is 9.97 Å². The number of aromatic nitrogens is 2. The lowest BCUT2D eigenvalue weighted by atomic mass is 10.2. The fourth-order valence-electron chi connectivity index (χ4n) is 2.83. The minimum Gasteiger partial charge on any atom is -0.370 e. The fraction of sp³-hybridized carbons (Fsp3) is 0.235. The van der Waals surface area contributed by atoms with E-state index in [1.54, 1.807) is 11.4 Å². The average molecular weight is 356 g/mol. The lowest BCUT2D eigenvalue weighted by Crippen LogP contribution is -2.11. The Kier molecular flexibility index (Phi) is 3.98. The molecule has 2 amide bonds. The van der Waals surface area contributed by atoms with Gasteiger partial charge in [-0.1, -0.05) is 0 Å². The molecule has 1 fully saturated rings. The summed E-state index contributed by atoms with van der Waals surface area (Å²) in [5, 5.41) is 4.39. The lowest BCUT2D eigenvalue weighted by molar-refractivity contribution is 0.100. The highest BCUT2D eigenvalue weighted by molar-refractivity contribution is 7.12. The molecule has 0 radical (unpaired) electrons. The van der Waals surface area contributed by atoms with Crippen LogP contribution in [0, 0.1) is 0 Å². The summed E-state index contributed by atoms with van der Waals surface area (Å²) in [5.41, 5.74) is 7.86. The third kappa shape index (κ3) is 3.13. The van der Waals surface area contributed by atoms with Gasteiger partial charge in [0.2, 0.25) is 5.91 Å². The molecule has 1 aromatic carbocycles. The Labute approximate surface area is 147 Å². The highest BCUT2D eigenvalue weighted by atomic mass is 32.1. The van der Waals surface area contributed by atoms with E-state index >= 15 is 0 Å². The van der Waals surface area contributed by atoms with Crippen LogP contribution in [-0.2, 0) is 4.74 Å². The van der Waals surface area contributed by atoms with Crippen LogP contribution < -0.4 is 11.1 Å². The minimum atomic E-state index is -0.546. The number of carbonyl (C=O) groups excluding carboxylic acids is 2. The van der Waals surface area contributed by atoms with Crippen LogP contribution >= 0.6 is 11.3 Å². The molecule has 2 aromatic heterocycles. The van der Waals surface area contributed by atoms with E-state index in [0.29, 0.717) is 16.1 Å². The van der Waals surface area contributed by atoms with Crippen LogP contribution in [0.15, 0.2) is 29.6 Å². The second-order valence-corrected chi connectivity index (χ2v) is 6.78. The normalized spacial score (nSPS) is 17.0. The third-order valence-electron chi connectivity index (χ3n) is 4.10. The van der Waals surface area contributed by atoms with Crippen molar-refractivity contribution in [3.8, 4) is 0 Å². The molecule has 7 nitrogen and oxygen atoms in total. The Morgan fingerprint density at radius 2 is 2.24 bits per heavy atom. The highest BCUT2D eigenvalue weighted by Crippen LogP contribution is 2.29. The van der Waals surface area contributed by atoms with E-state index in [1.165, 1.54) is 17.4 Å². The smallest absolute Gasteiger partial charge is 0.265 e. The molecule has 128 valence electrons. The van der Waals surface area contributed by atoms with Crippen LogP contribution in [0.4, 0.5) is 5.69 Å². The molecule has 0 saturated carbocycles. The number of imidazole rings is 1. The molecule has 0 aliphatic carbocycles. The fourth-order valence-corrected chi connectivity index (χ4v) is 3.62. The number of aromatic amines is 1. The summed E-state index contributed by atoms with van der Waals surface area (Å²) in [7, 11) is 0. The van der Waals surface area contributed by atoms with Crippen molar-refractivity contribution in [3.63, 3.8) is 0 Å². The van der Waals surface area contributed by atoms with E-state index in [2.05, 4.69) is 15.3 Å². The second-order valence-electron chi connectivity index (χ2n) is 5.87. The number of carbonyl (C=O) groups is 2. The molecule has 1 saturated heterocycles. The summed E-state index contributed by atoms with van der Waals surface area (Å²) in [6, 6.07) is 6.97. The number of benzene rings is 1.